The summed E-state index contributed by atoms with van der Waals surface area (Å²) in [6, 6.07) is 10.3. The fourth-order valence-electron chi connectivity index (χ4n) is 3.31. The minimum absolute atomic E-state index is 0.0295. The molecular formula is C20H23NO3S. The summed E-state index contributed by atoms with van der Waals surface area (Å²) in [5, 5.41) is 9.67. The minimum Gasteiger partial charge on any atom is -0.392 e. The highest BCUT2D eigenvalue weighted by Gasteiger charge is 2.17. The lowest BCUT2D eigenvalue weighted by molar-refractivity contribution is 0.349. The van der Waals surface area contributed by atoms with E-state index in [2.05, 4.69) is 11.1 Å². The van der Waals surface area contributed by atoms with Gasteiger partial charge < -0.3 is 5.11 Å². The van der Waals surface area contributed by atoms with Gasteiger partial charge in [0.25, 0.3) is 0 Å². The van der Waals surface area contributed by atoms with E-state index in [-0.39, 0.29) is 12.4 Å². The second kappa shape index (κ2) is 7.93. The van der Waals surface area contributed by atoms with Gasteiger partial charge >= 0.3 is 0 Å². The Hall–Kier alpha value is -1.98. The number of hydrogen-bond donors (Lipinski definition) is 1. The van der Waals surface area contributed by atoms with E-state index in [0.29, 0.717) is 16.4 Å². The summed E-state index contributed by atoms with van der Waals surface area (Å²) in [5.41, 5.74) is 2.43. The maximum absolute atomic E-state index is 12.5. The maximum atomic E-state index is 12.5. The van der Waals surface area contributed by atoms with Crippen molar-refractivity contribution >= 4 is 15.4 Å². The van der Waals surface area contributed by atoms with Crippen molar-refractivity contribution in [2.24, 2.45) is 5.92 Å². The molecule has 1 aliphatic rings. The first-order valence-electron chi connectivity index (χ1n) is 8.62. The Morgan fingerprint density at radius 1 is 1.16 bits per heavy atom. The Balaban J connectivity index is 1.79. The molecule has 3 rings (SSSR count). The molecule has 132 valence electrons. The third-order valence-electron chi connectivity index (χ3n) is 4.67. The summed E-state index contributed by atoms with van der Waals surface area (Å²) in [7, 11) is -3.41. The van der Waals surface area contributed by atoms with Gasteiger partial charge in [0.15, 0.2) is 9.84 Å². The van der Waals surface area contributed by atoms with E-state index in [1.165, 1.54) is 25.7 Å². The average molecular weight is 357 g/mol. The van der Waals surface area contributed by atoms with Crippen molar-refractivity contribution in [1.29, 1.82) is 0 Å². The van der Waals surface area contributed by atoms with Crippen LogP contribution in [0.5, 0.6) is 0 Å². The van der Waals surface area contributed by atoms with E-state index in [0.717, 1.165) is 11.1 Å². The van der Waals surface area contributed by atoms with E-state index in [9.17, 15) is 13.5 Å². The fourth-order valence-corrected chi connectivity index (χ4v) is 4.64. The van der Waals surface area contributed by atoms with Crippen LogP contribution in [-0.2, 0) is 15.6 Å². The van der Waals surface area contributed by atoms with E-state index in [1.807, 2.05) is 0 Å². The number of aliphatic hydroxyl groups excluding tert-OH is 1. The molecule has 5 heteroatoms. The van der Waals surface area contributed by atoms with Gasteiger partial charge in [0.1, 0.15) is 0 Å². The Morgan fingerprint density at radius 2 is 1.88 bits per heavy atom. The van der Waals surface area contributed by atoms with Crippen LogP contribution in [0.15, 0.2) is 59.8 Å². The third-order valence-corrected chi connectivity index (χ3v) is 6.37. The zero-order chi connectivity index (χ0) is 17.7. The van der Waals surface area contributed by atoms with Crippen molar-refractivity contribution in [2.45, 2.75) is 36.3 Å². The molecule has 4 nitrogen and oxygen atoms in total. The maximum Gasteiger partial charge on any atom is 0.182 e. The molecule has 1 aliphatic carbocycles. The first-order chi connectivity index (χ1) is 12.1. The number of aliphatic hydroxyl groups is 1. The summed E-state index contributed by atoms with van der Waals surface area (Å²) < 4.78 is 25.1. The van der Waals surface area contributed by atoms with Gasteiger partial charge in [0, 0.05) is 12.4 Å². The van der Waals surface area contributed by atoms with Crippen molar-refractivity contribution < 1.29 is 13.5 Å². The Kier molecular flexibility index (Phi) is 5.66. The number of aromatic nitrogens is 1. The van der Waals surface area contributed by atoms with Crippen molar-refractivity contribution in [3.05, 3.63) is 66.0 Å². The summed E-state index contributed by atoms with van der Waals surface area (Å²) >= 11 is 0. The first-order valence-corrected chi connectivity index (χ1v) is 10.3. The number of benzene rings is 1. The van der Waals surface area contributed by atoms with Gasteiger partial charge in [-0.25, -0.2) is 8.42 Å². The third kappa shape index (κ3) is 4.55. The van der Waals surface area contributed by atoms with Crippen LogP contribution in [0, 0.1) is 5.92 Å². The molecule has 1 fully saturated rings. The van der Waals surface area contributed by atoms with Crippen molar-refractivity contribution in [2.75, 3.05) is 6.61 Å². The second-order valence-corrected chi connectivity index (χ2v) is 8.53. The van der Waals surface area contributed by atoms with Gasteiger partial charge in [-0.15, -0.1) is 0 Å². The molecule has 0 bridgehead atoms. The Morgan fingerprint density at radius 3 is 2.48 bits per heavy atom. The average Bonchev–Trinajstić information content (AvgIpc) is 3.13. The number of pyridine rings is 1. The lowest BCUT2D eigenvalue weighted by Crippen LogP contribution is -2.05. The van der Waals surface area contributed by atoms with Crippen molar-refractivity contribution in [3.8, 4) is 0 Å². The van der Waals surface area contributed by atoms with Crippen LogP contribution in [0.3, 0.4) is 0 Å². The molecule has 0 spiro atoms. The van der Waals surface area contributed by atoms with Crippen LogP contribution in [-0.4, -0.2) is 25.1 Å². The van der Waals surface area contributed by atoms with Crippen LogP contribution >= 0.6 is 0 Å². The predicted octanol–water partition coefficient (Wildman–Crippen LogP) is 3.62. The Labute approximate surface area is 149 Å². The molecular weight excluding hydrogens is 334 g/mol. The van der Waals surface area contributed by atoms with Crippen molar-refractivity contribution in [3.63, 3.8) is 0 Å². The number of allylic oxidation sites excluding steroid dienone is 1. The highest BCUT2D eigenvalue weighted by atomic mass is 32.2. The molecule has 0 atom stereocenters. The molecule has 1 aromatic carbocycles. The zero-order valence-electron chi connectivity index (χ0n) is 14.1. The number of rotatable bonds is 6. The SMILES string of the molecule is O=S(=O)(Cc1cccnc1)c1ccc(C(=CC2CCCC2)CO)cc1. The second-order valence-electron chi connectivity index (χ2n) is 6.54. The first kappa shape index (κ1) is 17.8. The largest absolute Gasteiger partial charge is 0.392 e. The van der Waals surface area contributed by atoms with Gasteiger partial charge in [-0.3, -0.25) is 4.98 Å². The van der Waals surface area contributed by atoms with E-state index in [4.69, 9.17) is 0 Å². The summed E-state index contributed by atoms with van der Waals surface area (Å²) in [4.78, 5) is 4.25. The van der Waals surface area contributed by atoms with Gasteiger partial charge in [-0.05, 0) is 53.7 Å². The van der Waals surface area contributed by atoms with Crippen LogP contribution < -0.4 is 0 Å². The van der Waals surface area contributed by atoms with Gasteiger partial charge in [-0.1, -0.05) is 37.1 Å². The smallest absolute Gasteiger partial charge is 0.182 e. The Bertz CT molecular complexity index is 821. The van der Waals surface area contributed by atoms with Crippen LogP contribution in [0.1, 0.15) is 36.8 Å². The van der Waals surface area contributed by atoms with Crippen molar-refractivity contribution in [1.82, 2.24) is 4.98 Å². The molecule has 0 unspecified atom stereocenters. The minimum atomic E-state index is -3.41. The van der Waals surface area contributed by atoms with Crippen LogP contribution in [0.2, 0.25) is 0 Å². The standard InChI is InChI=1S/C20H23NO3S/c22-14-19(12-16-4-1-2-5-16)18-7-9-20(10-8-18)25(23,24)15-17-6-3-11-21-13-17/h3,6-13,16,22H,1-2,4-5,14-15H2. The molecule has 0 aliphatic heterocycles. The number of nitrogens with zero attached hydrogens (tertiary/aromatic N) is 1. The van der Waals surface area contributed by atoms with Gasteiger partial charge in [-0.2, -0.15) is 0 Å². The molecule has 1 aromatic heterocycles. The van der Waals surface area contributed by atoms with E-state index in [1.54, 1.807) is 48.8 Å². The normalized spacial score (nSPS) is 16.3. The number of sulfone groups is 1. The lowest BCUT2D eigenvalue weighted by atomic mass is 9.99. The molecule has 2 aromatic rings. The molecule has 1 heterocycles. The highest BCUT2D eigenvalue weighted by molar-refractivity contribution is 7.90. The fraction of sp³-hybridized carbons (Fsp3) is 0.350. The highest BCUT2D eigenvalue weighted by Crippen LogP contribution is 2.29. The molecule has 0 amide bonds. The topological polar surface area (TPSA) is 67.3 Å². The summed E-state index contributed by atoms with van der Waals surface area (Å²) in [6.07, 6.45) is 10.2. The summed E-state index contributed by atoms with van der Waals surface area (Å²) in [5.74, 6) is 0.460. The molecule has 0 saturated heterocycles. The predicted molar refractivity (Wildman–Crippen MR) is 98.6 cm³/mol. The summed E-state index contributed by atoms with van der Waals surface area (Å²) in [6.45, 7) is -0.0295. The molecule has 25 heavy (non-hydrogen) atoms. The van der Waals surface area contributed by atoms with Gasteiger partial charge in [0.05, 0.1) is 17.3 Å². The quantitative estimate of drug-likeness (QED) is 0.857. The molecule has 0 radical (unpaired) electrons. The number of hydrogen-bond acceptors (Lipinski definition) is 4. The molecule has 1 N–H and O–H groups in total. The monoisotopic (exact) mass is 357 g/mol. The molecule has 1 saturated carbocycles. The lowest BCUT2D eigenvalue weighted by Gasteiger charge is -2.10. The van der Waals surface area contributed by atoms with E-state index < -0.39 is 9.84 Å². The van der Waals surface area contributed by atoms with Gasteiger partial charge in [0.2, 0.25) is 0 Å². The van der Waals surface area contributed by atoms with Crippen LogP contribution in [0.25, 0.3) is 5.57 Å². The zero-order valence-corrected chi connectivity index (χ0v) is 15.0. The van der Waals surface area contributed by atoms with Crippen LogP contribution in [0.4, 0.5) is 0 Å². The van der Waals surface area contributed by atoms with E-state index >= 15 is 0 Å².